The number of nitrogens with one attached hydrogen (secondary N) is 1. The normalized spacial score (nSPS) is 18.6. The Bertz CT molecular complexity index is 303. The second-order valence-corrected chi connectivity index (χ2v) is 5.33. The van der Waals surface area contributed by atoms with Gasteiger partial charge in [0.1, 0.15) is 6.04 Å². The number of carbonyl (C=O) groups is 2. The van der Waals surface area contributed by atoms with Crippen molar-refractivity contribution in [2.45, 2.75) is 45.6 Å². The zero-order chi connectivity index (χ0) is 13.7. The highest BCUT2D eigenvalue weighted by molar-refractivity contribution is 5.82. The number of hydrogen-bond donors (Lipinski definition) is 2. The van der Waals surface area contributed by atoms with E-state index in [4.69, 9.17) is 5.11 Å². The van der Waals surface area contributed by atoms with Gasteiger partial charge in [-0.1, -0.05) is 26.7 Å². The van der Waals surface area contributed by atoms with Crippen molar-refractivity contribution in [3.8, 4) is 0 Å². The Labute approximate surface area is 109 Å². The molecule has 2 N–H and O–H groups in total. The SMILES string of the molecule is CC[C@H](C)[C@H](NC(=O)N(C)CC1CCC1)C(=O)O. The standard InChI is InChI=1S/C13H24N2O3/c1-4-9(2)11(12(16)17)14-13(18)15(3)8-10-6-5-7-10/h9-11H,4-8H2,1-3H3,(H,14,18)(H,16,17)/t9-,11-/m0/s1. The highest BCUT2D eigenvalue weighted by atomic mass is 16.4. The van der Waals surface area contributed by atoms with Crippen LogP contribution in [0.3, 0.4) is 0 Å². The van der Waals surface area contributed by atoms with Crippen molar-refractivity contribution in [2.75, 3.05) is 13.6 Å². The van der Waals surface area contributed by atoms with Crippen LogP contribution in [0.1, 0.15) is 39.5 Å². The number of amides is 2. The van der Waals surface area contributed by atoms with Crippen LogP contribution in [0.2, 0.25) is 0 Å². The summed E-state index contributed by atoms with van der Waals surface area (Å²) in [5, 5.41) is 11.7. The van der Waals surface area contributed by atoms with Gasteiger partial charge in [0.25, 0.3) is 0 Å². The summed E-state index contributed by atoms with van der Waals surface area (Å²) in [6.45, 7) is 4.48. The molecule has 0 unspecified atom stereocenters. The van der Waals surface area contributed by atoms with Gasteiger partial charge in [-0.2, -0.15) is 0 Å². The van der Waals surface area contributed by atoms with E-state index in [-0.39, 0.29) is 11.9 Å². The van der Waals surface area contributed by atoms with Crippen molar-refractivity contribution < 1.29 is 14.7 Å². The number of nitrogens with zero attached hydrogens (tertiary/aromatic N) is 1. The molecule has 0 aliphatic heterocycles. The second kappa shape index (κ2) is 6.61. The van der Waals surface area contributed by atoms with Gasteiger partial charge >= 0.3 is 12.0 Å². The number of rotatable bonds is 6. The predicted molar refractivity (Wildman–Crippen MR) is 69.4 cm³/mol. The molecule has 1 saturated carbocycles. The molecule has 2 amide bonds. The molecule has 0 spiro atoms. The van der Waals surface area contributed by atoms with Crippen LogP contribution in [0.15, 0.2) is 0 Å². The number of aliphatic carboxylic acids is 1. The Balaban J connectivity index is 2.46. The smallest absolute Gasteiger partial charge is 0.326 e. The molecule has 0 heterocycles. The molecule has 0 aromatic heterocycles. The maximum absolute atomic E-state index is 11.9. The summed E-state index contributed by atoms with van der Waals surface area (Å²) in [5.74, 6) is -0.439. The Morgan fingerprint density at radius 3 is 2.44 bits per heavy atom. The van der Waals surface area contributed by atoms with E-state index in [1.165, 1.54) is 19.3 Å². The van der Waals surface area contributed by atoms with Crippen LogP contribution in [0.25, 0.3) is 0 Å². The van der Waals surface area contributed by atoms with Gasteiger partial charge in [-0.25, -0.2) is 9.59 Å². The van der Waals surface area contributed by atoms with Crippen LogP contribution >= 0.6 is 0 Å². The van der Waals surface area contributed by atoms with E-state index in [1.54, 1.807) is 11.9 Å². The molecule has 1 aliphatic rings. The molecule has 18 heavy (non-hydrogen) atoms. The number of hydrogen-bond acceptors (Lipinski definition) is 2. The Morgan fingerprint density at radius 1 is 1.44 bits per heavy atom. The molecule has 0 saturated heterocycles. The number of carbonyl (C=O) groups excluding carboxylic acids is 1. The van der Waals surface area contributed by atoms with E-state index in [2.05, 4.69) is 5.32 Å². The summed E-state index contributed by atoms with van der Waals surface area (Å²) >= 11 is 0. The van der Waals surface area contributed by atoms with Crippen molar-refractivity contribution >= 4 is 12.0 Å². The third-order valence-electron chi connectivity index (χ3n) is 3.86. The third-order valence-corrected chi connectivity index (χ3v) is 3.86. The predicted octanol–water partition coefficient (Wildman–Crippen LogP) is 1.93. The molecule has 104 valence electrons. The largest absolute Gasteiger partial charge is 0.480 e. The van der Waals surface area contributed by atoms with Crippen LogP contribution in [0, 0.1) is 11.8 Å². The highest BCUT2D eigenvalue weighted by Gasteiger charge is 2.28. The summed E-state index contributed by atoms with van der Waals surface area (Å²) in [4.78, 5) is 24.6. The topological polar surface area (TPSA) is 69.6 Å². The minimum Gasteiger partial charge on any atom is -0.480 e. The first-order valence-corrected chi connectivity index (χ1v) is 6.70. The fourth-order valence-electron chi connectivity index (χ4n) is 2.07. The van der Waals surface area contributed by atoms with Gasteiger partial charge in [0.05, 0.1) is 0 Å². The molecule has 0 aromatic rings. The fourth-order valence-corrected chi connectivity index (χ4v) is 2.07. The van der Waals surface area contributed by atoms with Crippen molar-refractivity contribution in [1.29, 1.82) is 0 Å². The fraction of sp³-hybridized carbons (Fsp3) is 0.846. The lowest BCUT2D eigenvalue weighted by Crippen LogP contribution is -2.50. The van der Waals surface area contributed by atoms with Crippen LogP contribution in [-0.4, -0.2) is 41.6 Å². The van der Waals surface area contributed by atoms with Gasteiger partial charge in [-0.15, -0.1) is 0 Å². The van der Waals surface area contributed by atoms with E-state index in [1.807, 2.05) is 13.8 Å². The molecule has 5 heteroatoms. The van der Waals surface area contributed by atoms with Crippen molar-refractivity contribution in [2.24, 2.45) is 11.8 Å². The average Bonchev–Trinajstić information content (AvgIpc) is 2.28. The molecule has 1 aliphatic carbocycles. The molecule has 2 atom stereocenters. The first kappa shape index (κ1) is 14.8. The van der Waals surface area contributed by atoms with E-state index in [9.17, 15) is 9.59 Å². The maximum atomic E-state index is 11.9. The van der Waals surface area contributed by atoms with Crippen LogP contribution in [-0.2, 0) is 4.79 Å². The van der Waals surface area contributed by atoms with Crippen LogP contribution in [0.5, 0.6) is 0 Å². The summed E-state index contributed by atoms with van der Waals surface area (Å²) in [7, 11) is 1.73. The van der Waals surface area contributed by atoms with Gasteiger partial charge in [0, 0.05) is 13.6 Å². The highest BCUT2D eigenvalue weighted by Crippen LogP contribution is 2.26. The third kappa shape index (κ3) is 3.89. The lowest BCUT2D eigenvalue weighted by Gasteiger charge is -2.31. The number of carboxylic acids is 1. The first-order valence-electron chi connectivity index (χ1n) is 6.70. The summed E-state index contributed by atoms with van der Waals surface area (Å²) in [6, 6.07) is -1.08. The van der Waals surface area contributed by atoms with Gasteiger partial charge in [0.2, 0.25) is 0 Å². The molecule has 0 radical (unpaired) electrons. The minimum absolute atomic E-state index is 0.0662. The lowest BCUT2D eigenvalue weighted by molar-refractivity contribution is -0.140. The minimum atomic E-state index is -0.963. The molecular weight excluding hydrogens is 232 g/mol. The molecule has 1 rings (SSSR count). The maximum Gasteiger partial charge on any atom is 0.326 e. The molecule has 5 nitrogen and oxygen atoms in total. The summed E-state index contributed by atoms with van der Waals surface area (Å²) in [6.07, 6.45) is 4.31. The van der Waals surface area contributed by atoms with Crippen LogP contribution < -0.4 is 5.32 Å². The van der Waals surface area contributed by atoms with E-state index in [0.29, 0.717) is 5.92 Å². The Morgan fingerprint density at radius 2 is 2.06 bits per heavy atom. The van der Waals surface area contributed by atoms with Gasteiger partial charge in [-0.3, -0.25) is 0 Å². The average molecular weight is 256 g/mol. The van der Waals surface area contributed by atoms with Gasteiger partial charge in [0.15, 0.2) is 0 Å². The van der Waals surface area contributed by atoms with E-state index in [0.717, 1.165) is 13.0 Å². The molecule has 0 bridgehead atoms. The monoisotopic (exact) mass is 256 g/mol. The zero-order valence-electron chi connectivity index (χ0n) is 11.5. The van der Waals surface area contributed by atoms with Crippen LogP contribution in [0.4, 0.5) is 4.79 Å². The number of carboxylic acid groups (broad SMARTS) is 1. The molecule has 0 aromatic carbocycles. The van der Waals surface area contributed by atoms with E-state index >= 15 is 0 Å². The second-order valence-electron chi connectivity index (χ2n) is 5.33. The van der Waals surface area contributed by atoms with Gasteiger partial charge < -0.3 is 15.3 Å². The Kier molecular flexibility index (Phi) is 5.44. The first-order chi connectivity index (χ1) is 8.45. The van der Waals surface area contributed by atoms with Gasteiger partial charge in [-0.05, 0) is 24.7 Å². The van der Waals surface area contributed by atoms with Crippen molar-refractivity contribution in [1.82, 2.24) is 10.2 Å². The Hall–Kier alpha value is -1.26. The summed E-state index contributed by atoms with van der Waals surface area (Å²) < 4.78 is 0. The lowest BCUT2D eigenvalue weighted by atomic mass is 9.85. The van der Waals surface area contributed by atoms with Crippen molar-refractivity contribution in [3.05, 3.63) is 0 Å². The molecular formula is C13H24N2O3. The van der Waals surface area contributed by atoms with E-state index < -0.39 is 12.0 Å². The zero-order valence-corrected chi connectivity index (χ0v) is 11.5. The van der Waals surface area contributed by atoms with Crippen molar-refractivity contribution in [3.63, 3.8) is 0 Å². The molecule has 1 fully saturated rings. The quantitative estimate of drug-likeness (QED) is 0.763. The number of urea groups is 1. The summed E-state index contributed by atoms with van der Waals surface area (Å²) in [5.41, 5.74) is 0.